The molecule has 0 spiro atoms. The highest BCUT2D eigenvalue weighted by Crippen LogP contribution is 2.39. The first-order chi connectivity index (χ1) is 8.08. The van der Waals surface area contributed by atoms with Crippen LogP contribution in [-0.2, 0) is 17.8 Å². The number of amides is 1. The minimum atomic E-state index is -0.914. The van der Waals surface area contributed by atoms with Crippen LogP contribution in [0, 0.1) is 5.92 Å². The van der Waals surface area contributed by atoms with Crippen molar-refractivity contribution in [1.29, 1.82) is 0 Å². The van der Waals surface area contributed by atoms with E-state index in [2.05, 4.69) is 11.9 Å². The van der Waals surface area contributed by atoms with Crippen LogP contribution in [0.25, 0.3) is 0 Å². The highest BCUT2D eigenvalue weighted by molar-refractivity contribution is 5.85. The number of primary amides is 1. The molecule has 1 amide bonds. The predicted molar refractivity (Wildman–Crippen MR) is 65.1 cm³/mol. The maximum Gasteiger partial charge on any atom is 0.239 e. The second kappa shape index (κ2) is 4.49. The Bertz CT molecular complexity index is 410. The van der Waals surface area contributed by atoms with E-state index in [1.54, 1.807) is 6.20 Å². The van der Waals surface area contributed by atoms with Crippen molar-refractivity contribution in [3.63, 3.8) is 0 Å². The average molecular weight is 236 g/mol. The van der Waals surface area contributed by atoms with Crippen molar-refractivity contribution >= 4 is 5.91 Å². The molecule has 0 radical (unpaired) electrons. The van der Waals surface area contributed by atoms with Gasteiger partial charge in [-0.3, -0.25) is 4.79 Å². The predicted octanol–water partition coefficient (Wildman–Crippen LogP) is 0.428. The van der Waals surface area contributed by atoms with Crippen molar-refractivity contribution in [2.75, 3.05) is 0 Å². The maximum absolute atomic E-state index is 11.6. The molecule has 1 aliphatic carbocycles. The molecular formula is C12H20N4O. The van der Waals surface area contributed by atoms with Crippen LogP contribution in [-0.4, -0.2) is 21.0 Å². The number of carbonyl (C=O) groups excluding carboxylic acids is 1. The number of nitrogens with zero attached hydrogens (tertiary/aromatic N) is 2. The third kappa shape index (κ3) is 2.34. The van der Waals surface area contributed by atoms with Gasteiger partial charge >= 0.3 is 0 Å². The zero-order valence-electron chi connectivity index (χ0n) is 10.2. The number of aryl methyl sites for hydroxylation is 1. The van der Waals surface area contributed by atoms with Gasteiger partial charge < -0.3 is 16.0 Å². The molecule has 1 atom stereocenters. The fraction of sp³-hybridized carbons (Fsp3) is 0.667. The Labute approximate surface area is 101 Å². The van der Waals surface area contributed by atoms with Gasteiger partial charge in [0.2, 0.25) is 5.91 Å². The maximum atomic E-state index is 11.6. The molecule has 5 nitrogen and oxygen atoms in total. The van der Waals surface area contributed by atoms with Gasteiger partial charge in [-0.15, -0.1) is 0 Å². The Morgan fingerprint density at radius 3 is 2.88 bits per heavy atom. The van der Waals surface area contributed by atoms with E-state index in [0.29, 0.717) is 6.54 Å². The van der Waals surface area contributed by atoms with Crippen LogP contribution in [0.3, 0.4) is 0 Å². The lowest BCUT2D eigenvalue weighted by atomic mass is 9.93. The Morgan fingerprint density at radius 1 is 1.65 bits per heavy atom. The first-order valence-electron chi connectivity index (χ1n) is 6.16. The minimum Gasteiger partial charge on any atom is -0.368 e. The highest BCUT2D eigenvalue weighted by atomic mass is 16.1. The fourth-order valence-electron chi connectivity index (χ4n) is 2.22. The van der Waals surface area contributed by atoms with E-state index < -0.39 is 11.4 Å². The Hall–Kier alpha value is -1.36. The van der Waals surface area contributed by atoms with Crippen LogP contribution in [0.15, 0.2) is 12.4 Å². The van der Waals surface area contributed by atoms with Gasteiger partial charge in [0.25, 0.3) is 0 Å². The summed E-state index contributed by atoms with van der Waals surface area (Å²) in [5.74, 6) is 0.803. The van der Waals surface area contributed by atoms with E-state index in [1.165, 1.54) is 0 Å². The van der Waals surface area contributed by atoms with Gasteiger partial charge in [0.1, 0.15) is 11.4 Å². The molecular weight excluding hydrogens is 216 g/mol. The lowest BCUT2D eigenvalue weighted by Crippen LogP contribution is -2.56. The van der Waals surface area contributed by atoms with Crippen molar-refractivity contribution in [2.45, 2.75) is 44.7 Å². The monoisotopic (exact) mass is 236 g/mol. The number of hydrogen-bond donors (Lipinski definition) is 2. The summed E-state index contributed by atoms with van der Waals surface area (Å²) in [6, 6.07) is 0. The van der Waals surface area contributed by atoms with E-state index in [-0.39, 0.29) is 5.92 Å². The molecule has 0 aliphatic heterocycles. The Morgan fingerprint density at radius 2 is 2.35 bits per heavy atom. The van der Waals surface area contributed by atoms with E-state index in [9.17, 15) is 4.79 Å². The quantitative estimate of drug-likeness (QED) is 0.750. The number of carbonyl (C=O) groups is 1. The van der Waals surface area contributed by atoms with Crippen LogP contribution in [0.2, 0.25) is 0 Å². The molecule has 0 bridgehead atoms. The molecule has 1 aromatic heterocycles. The zero-order valence-corrected chi connectivity index (χ0v) is 10.2. The summed E-state index contributed by atoms with van der Waals surface area (Å²) in [6.07, 6.45) is 7.53. The molecule has 1 aliphatic rings. The van der Waals surface area contributed by atoms with Crippen molar-refractivity contribution in [1.82, 2.24) is 9.55 Å². The van der Waals surface area contributed by atoms with E-state index in [1.807, 2.05) is 10.8 Å². The number of hydrogen-bond acceptors (Lipinski definition) is 3. The first kappa shape index (κ1) is 12.1. The van der Waals surface area contributed by atoms with Crippen molar-refractivity contribution in [3.05, 3.63) is 18.2 Å². The number of aromatic nitrogens is 2. The van der Waals surface area contributed by atoms with E-state index in [0.717, 1.165) is 31.5 Å². The van der Waals surface area contributed by atoms with Crippen LogP contribution < -0.4 is 11.5 Å². The summed E-state index contributed by atoms with van der Waals surface area (Å²) in [5, 5.41) is 0. The van der Waals surface area contributed by atoms with Gasteiger partial charge in [-0.05, 0) is 25.2 Å². The van der Waals surface area contributed by atoms with Crippen LogP contribution in [0.4, 0.5) is 0 Å². The highest BCUT2D eigenvalue weighted by Gasteiger charge is 2.47. The molecule has 1 aromatic rings. The van der Waals surface area contributed by atoms with Gasteiger partial charge in [-0.2, -0.15) is 0 Å². The molecule has 0 saturated heterocycles. The topological polar surface area (TPSA) is 86.9 Å². The van der Waals surface area contributed by atoms with Gasteiger partial charge in [0.15, 0.2) is 0 Å². The lowest BCUT2D eigenvalue weighted by Gasteiger charge is -2.27. The summed E-state index contributed by atoms with van der Waals surface area (Å²) in [5.41, 5.74) is 10.7. The molecule has 17 heavy (non-hydrogen) atoms. The van der Waals surface area contributed by atoms with Crippen molar-refractivity contribution in [2.24, 2.45) is 17.4 Å². The average Bonchev–Trinajstić information content (AvgIpc) is 3.04. The standard InChI is InChI=1S/C12H20N4O/c1-2-3-10-15-6-7-16(10)8-12(14,11(13)17)9-4-5-9/h6-7,9H,2-5,8,14H2,1H3,(H2,13,17). The molecule has 1 unspecified atom stereocenters. The van der Waals surface area contributed by atoms with Crippen LogP contribution in [0.5, 0.6) is 0 Å². The second-order valence-electron chi connectivity index (χ2n) is 4.90. The smallest absolute Gasteiger partial charge is 0.239 e. The zero-order chi connectivity index (χ0) is 12.5. The number of rotatable bonds is 6. The minimum absolute atomic E-state index is 0.233. The second-order valence-corrected chi connectivity index (χ2v) is 4.90. The summed E-state index contributed by atoms with van der Waals surface area (Å²) < 4.78 is 1.96. The molecule has 5 heteroatoms. The van der Waals surface area contributed by atoms with Gasteiger partial charge in [-0.1, -0.05) is 6.92 Å². The Kier molecular flexibility index (Phi) is 3.19. The molecule has 1 fully saturated rings. The normalized spacial score (nSPS) is 18.9. The molecule has 0 aromatic carbocycles. The van der Waals surface area contributed by atoms with E-state index >= 15 is 0 Å². The molecule has 94 valence electrons. The number of nitrogens with two attached hydrogens (primary N) is 2. The molecule has 2 rings (SSSR count). The Balaban J connectivity index is 2.17. The van der Waals surface area contributed by atoms with Crippen LogP contribution in [0.1, 0.15) is 32.0 Å². The fourth-order valence-corrected chi connectivity index (χ4v) is 2.22. The van der Waals surface area contributed by atoms with Gasteiger partial charge in [0, 0.05) is 18.8 Å². The van der Waals surface area contributed by atoms with Crippen molar-refractivity contribution in [3.8, 4) is 0 Å². The summed E-state index contributed by atoms with van der Waals surface area (Å²) in [4.78, 5) is 15.8. The summed E-state index contributed by atoms with van der Waals surface area (Å²) in [6.45, 7) is 2.55. The SMILES string of the molecule is CCCc1nccn1CC(N)(C(N)=O)C1CC1. The van der Waals surface area contributed by atoms with E-state index in [4.69, 9.17) is 11.5 Å². The number of imidazole rings is 1. The lowest BCUT2D eigenvalue weighted by molar-refractivity contribution is -0.124. The van der Waals surface area contributed by atoms with Crippen molar-refractivity contribution < 1.29 is 4.79 Å². The van der Waals surface area contributed by atoms with Gasteiger partial charge in [-0.25, -0.2) is 4.98 Å². The summed E-state index contributed by atoms with van der Waals surface area (Å²) >= 11 is 0. The van der Waals surface area contributed by atoms with Crippen LogP contribution >= 0.6 is 0 Å². The molecule has 1 heterocycles. The first-order valence-corrected chi connectivity index (χ1v) is 6.16. The van der Waals surface area contributed by atoms with Gasteiger partial charge in [0.05, 0.1) is 6.54 Å². The molecule has 4 N–H and O–H groups in total. The molecule has 1 saturated carbocycles. The third-order valence-corrected chi connectivity index (χ3v) is 3.47. The summed E-state index contributed by atoms with van der Waals surface area (Å²) in [7, 11) is 0. The third-order valence-electron chi connectivity index (χ3n) is 3.47. The largest absolute Gasteiger partial charge is 0.368 e.